The molecule has 0 aromatic carbocycles. The van der Waals surface area contributed by atoms with Crippen molar-refractivity contribution in [2.24, 2.45) is 0 Å². The molecule has 0 saturated carbocycles. The molecule has 0 aromatic heterocycles. The van der Waals surface area contributed by atoms with Gasteiger partial charge in [0.1, 0.15) is 0 Å². The Morgan fingerprint density at radius 1 is 1.24 bits per heavy atom. The Balaban J connectivity index is 4.30. The van der Waals surface area contributed by atoms with Crippen LogP contribution in [0, 0.1) is 0 Å². The lowest BCUT2D eigenvalue weighted by molar-refractivity contribution is -0.180. The molecule has 17 heavy (non-hydrogen) atoms. The lowest BCUT2D eigenvalue weighted by atomic mass is 10.1. The third-order valence-corrected chi connectivity index (χ3v) is 1.63. The normalized spacial score (nSPS) is 11.1. The summed E-state index contributed by atoms with van der Waals surface area (Å²) in [6, 6.07) is 0. The molecule has 0 spiro atoms. The third kappa shape index (κ3) is 6.52. The van der Waals surface area contributed by atoms with Crippen LogP contribution in [0.25, 0.3) is 0 Å². The van der Waals surface area contributed by atoms with E-state index in [4.69, 9.17) is 9.84 Å². The quantitative estimate of drug-likeness (QED) is 0.632. The van der Waals surface area contributed by atoms with Gasteiger partial charge in [-0.15, -0.1) is 0 Å². The fourth-order valence-electron chi connectivity index (χ4n) is 0.918. The van der Waals surface area contributed by atoms with Crippen LogP contribution < -0.4 is 0 Å². The summed E-state index contributed by atoms with van der Waals surface area (Å²) < 4.78 is 9.34. The largest absolute Gasteiger partial charge is 0.479 e. The number of carbonyl (C=O) groups is 3. The van der Waals surface area contributed by atoms with Crippen LogP contribution in [0.3, 0.4) is 0 Å². The molecule has 7 nitrogen and oxygen atoms in total. The fraction of sp³-hybridized carbons (Fsp3) is 0.700. The molecule has 98 valence electrons. The maximum absolute atomic E-state index is 11.4. The summed E-state index contributed by atoms with van der Waals surface area (Å²) in [5.41, 5.74) is -1.50. The average Bonchev–Trinajstić information content (AvgIpc) is 2.11. The number of likely N-dealkylation sites (N-methyl/N-ethyl adjacent to an activating group) is 1. The minimum Gasteiger partial charge on any atom is -0.479 e. The highest BCUT2D eigenvalue weighted by Gasteiger charge is 2.34. The molecule has 0 aliphatic rings. The SMILES string of the molecule is CN(C)CC(=O)OC(C)(C)C(=O)OCC(=O)O. The highest BCUT2D eigenvalue weighted by molar-refractivity contribution is 5.84. The second-order valence-corrected chi connectivity index (χ2v) is 4.19. The van der Waals surface area contributed by atoms with E-state index in [0.29, 0.717) is 0 Å². The van der Waals surface area contributed by atoms with Gasteiger partial charge in [0, 0.05) is 0 Å². The zero-order valence-electron chi connectivity index (χ0n) is 10.3. The number of carbonyl (C=O) groups excluding carboxylic acids is 2. The molecule has 0 radical (unpaired) electrons. The van der Waals surface area contributed by atoms with E-state index >= 15 is 0 Å². The van der Waals surface area contributed by atoms with E-state index < -0.39 is 30.1 Å². The van der Waals surface area contributed by atoms with E-state index in [0.717, 1.165) is 0 Å². The second kappa shape index (κ2) is 6.19. The molecule has 0 bridgehead atoms. The summed E-state index contributed by atoms with van der Waals surface area (Å²) in [6.07, 6.45) is 0. The smallest absolute Gasteiger partial charge is 0.350 e. The summed E-state index contributed by atoms with van der Waals surface area (Å²) in [5.74, 6) is -2.76. The van der Waals surface area contributed by atoms with Crippen LogP contribution in [-0.2, 0) is 23.9 Å². The number of carboxylic acids is 1. The molecule has 0 rings (SSSR count). The maximum Gasteiger partial charge on any atom is 0.350 e. The van der Waals surface area contributed by atoms with Crippen molar-refractivity contribution < 1.29 is 29.0 Å². The third-order valence-electron chi connectivity index (χ3n) is 1.63. The van der Waals surface area contributed by atoms with E-state index in [1.807, 2.05) is 0 Å². The Morgan fingerprint density at radius 2 is 1.76 bits per heavy atom. The van der Waals surface area contributed by atoms with Crippen LogP contribution >= 0.6 is 0 Å². The van der Waals surface area contributed by atoms with Crippen LogP contribution in [-0.4, -0.2) is 60.8 Å². The van der Waals surface area contributed by atoms with Crippen LogP contribution in [0.1, 0.15) is 13.8 Å². The van der Waals surface area contributed by atoms with Gasteiger partial charge in [0.2, 0.25) is 5.60 Å². The van der Waals surface area contributed by atoms with Gasteiger partial charge in [-0.2, -0.15) is 0 Å². The average molecular weight is 247 g/mol. The Bertz CT molecular complexity index is 310. The molecule has 0 aromatic rings. The van der Waals surface area contributed by atoms with Crippen LogP contribution in [0.2, 0.25) is 0 Å². The minimum atomic E-state index is -1.50. The van der Waals surface area contributed by atoms with Gasteiger partial charge in [0.25, 0.3) is 0 Å². The molecule has 0 heterocycles. The van der Waals surface area contributed by atoms with Gasteiger partial charge in [-0.3, -0.25) is 9.69 Å². The highest BCUT2D eigenvalue weighted by Crippen LogP contribution is 2.12. The number of hydrogen-bond acceptors (Lipinski definition) is 6. The van der Waals surface area contributed by atoms with Gasteiger partial charge in [-0.05, 0) is 27.9 Å². The summed E-state index contributed by atoms with van der Waals surface area (Å²) in [4.78, 5) is 34.5. The Morgan fingerprint density at radius 3 is 2.18 bits per heavy atom. The molecule has 0 saturated heterocycles. The van der Waals surface area contributed by atoms with Crippen molar-refractivity contribution in [2.75, 3.05) is 27.2 Å². The molecule has 7 heteroatoms. The Labute approximate surface area is 99.3 Å². The number of esters is 2. The molecule has 0 unspecified atom stereocenters. The van der Waals surface area contributed by atoms with E-state index in [-0.39, 0.29) is 6.54 Å². The minimum absolute atomic E-state index is 0.0235. The number of aliphatic carboxylic acids is 1. The summed E-state index contributed by atoms with van der Waals surface area (Å²) in [5, 5.41) is 8.34. The van der Waals surface area contributed by atoms with Gasteiger partial charge in [-0.25, -0.2) is 9.59 Å². The number of nitrogens with zero attached hydrogens (tertiary/aromatic N) is 1. The molecule has 0 fully saturated rings. The molecule has 0 aliphatic heterocycles. The predicted octanol–water partition coefficient (Wildman–Crippen LogP) is -0.502. The van der Waals surface area contributed by atoms with Crippen molar-refractivity contribution in [1.29, 1.82) is 0 Å². The van der Waals surface area contributed by atoms with Crippen molar-refractivity contribution in [1.82, 2.24) is 4.90 Å². The molecular weight excluding hydrogens is 230 g/mol. The first-order valence-corrected chi connectivity index (χ1v) is 4.90. The number of ether oxygens (including phenoxy) is 2. The molecule has 0 aliphatic carbocycles. The van der Waals surface area contributed by atoms with Crippen LogP contribution in [0.15, 0.2) is 0 Å². The zero-order chi connectivity index (χ0) is 13.6. The standard InChI is InChI=1S/C10H17NO6/c1-10(2,9(15)16-6-7(12)13)17-8(14)5-11(3)4/h5-6H2,1-4H3,(H,12,13). The lowest BCUT2D eigenvalue weighted by Crippen LogP contribution is -2.41. The topological polar surface area (TPSA) is 93.1 Å². The Kier molecular flexibility index (Phi) is 5.60. The summed E-state index contributed by atoms with van der Waals surface area (Å²) in [6.45, 7) is 1.94. The predicted molar refractivity (Wildman–Crippen MR) is 57.3 cm³/mol. The monoisotopic (exact) mass is 247 g/mol. The highest BCUT2D eigenvalue weighted by atomic mass is 16.6. The van der Waals surface area contributed by atoms with Crippen LogP contribution in [0.4, 0.5) is 0 Å². The molecular formula is C10H17NO6. The Hall–Kier alpha value is -1.63. The van der Waals surface area contributed by atoms with Gasteiger partial charge in [-0.1, -0.05) is 0 Å². The van der Waals surface area contributed by atoms with Crippen molar-refractivity contribution >= 4 is 17.9 Å². The van der Waals surface area contributed by atoms with Crippen molar-refractivity contribution in [2.45, 2.75) is 19.4 Å². The second-order valence-electron chi connectivity index (χ2n) is 4.19. The van der Waals surface area contributed by atoms with E-state index in [9.17, 15) is 14.4 Å². The number of hydrogen-bond donors (Lipinski definition) is 1. The molecule has 0 amide bonds. The fourth-order valence-corrected chi connectivity index (χ4v) is 0.918. The lowest BCUT2D eigenvalue weighted by Gasteiger charge is -2.23. The van der Waals surface area contributed by atoms with E-state index in [1.54, 1.807) is 19.0 Å². The first-order valence-electron chi connectivity index (χ1n) is 4.90. The van der Waals surface area contributed by atoms with Crippen LogP contribution in [0.5, 0.6) is 0 Å². The molecule has 0 atom stereocenters. The van der Waals surface area contributed by atoms with Gasteiger partial charge in [0.15, 0.2) is 6.61 Å². The van der Waals surface area contributed by atoms with Crippen molar-refractivity contribution in [3.05, 3.63) is 0 Å². The van der Waals surface area contributed by atoms with E-state index in [1.165, 1.54) is 13.8 Å². The van der Waals surface area contributed by atoms with Crippen molar-refractivity contribution in [3.8, 4) is 0 Å². The number of carboxylic acid groups (broad SMARTS) is 1. The van der Waals surface area contributed by atoms with E-state index in [2.05, 4.69) is 4.74 Å². The first-order chi connectivity index (χ1) is 7.65. The van der Waals surface area contributed by atoms with Crippen molar-refractivity contribution in [3.63, 3.8) is 0 Å². The molecule has 1 N–H and O–H groups in total. The summed E-state index contributed by atoms with van der Waals surface area (Å²) >= 11 is 0. The van der Waals surface area contributed by atoms with Gasteiger partial charge >= 0.3 is 17.9 Å². The first kappa shape index (κ1) is 15.4. The number of rotatable bonds is 6. The zero-order valence-corrected chi connectivity index (χ0v) is 10.3. The maximum atomic E-state index is 11.4. The van der Waals surface area contributed by atoms with Gasteiger partial charge in [0.05, 0.1) is 6.54 Å². The summed E-state index contributed by atoms with van der Waals surface area (Å²) in [7, 11) is 3.36. The van der Waals surface area contributed by atoms with Gasteiger partial charge < -0.3 is 14.6 Å².